The van der Waals surface area contributed by atoms with Crippen LogP contribution in [0.15, 0.2) is 0 Å². The van der Waals surface area contributed by atoms with Gasteiger partial charge in [-0.1, -0.05) is 26.7 Å². The molecule has 1 N–H and O–H groups in total. The Hall–Kier alpha value is -0.180. The number of thiol groups is 1. The molecule has 0 aromatic heterocycles. The monoisotopic (exact) mass is 215 g/mol. The van der Waals surface area contributed by atoms with Crippen LogP contribution in [0.3, 0.4) is 0 Å². The van der Waals surface area contributed by atoms with Gasteiger partial charge in [0, 0.05) is 6.54 Å². The number of amides is 1. The molecule has 0 saturated heterocycles. The number of carbonyl (C=O) groups is 1. The van der Waals surface area contributed by atoms with Crippen LogP contribution < -0.4 is 5.32 Å². The van der Waals surface area contributed by atoms with Crippen LogP contribution in [-0.4, -0.2) is 17.7 Å². The second-order valence-electron chi connectivity index (χ2n) is 4.57. The lowest BCUT2D eigenvalue weighted by atomic mass is 10.1. The van der Waals surface area contributed by atoms with Gasteiger partial charge in [0.1, 0.15) is 0 Å². The first-order chi connectivity index (χ1) is 6.61. The maximum absolute atomic E-state index is 11.5. The van der Waals surface area contributed by atoms with Gasteiger partial charge in [-0.2, -0.15) is 12.6 Å². The van der Waals surface area contributed by atoms with Gasteiger partial charge in [0.25, 0.3) is 0 Å². The van der Waals surface area contributed by atoms with Crippen molar-refractivity contribution in [1.82, 2.24) is 5.32 Å². The Balaban J connectivity index is 2.01. The lowest BCUT2D eigenvalue weighted by Gasteiger charge is -2.14. The zero-order valence-electron chi connectivity index (χ0n) is 9.12. The smallest absolute Gasteiger partial charge is 0.233 e. The van der Waals surface area contributed by atoms with Crippen molar-refractivity contribution < 1.29 is 4.79 Å². The summed E-state index contributed by atoms with van der Waals surface area (Å²) < 4.78 is 0. The minimum Gasteiger partial charge on any atom is -0.355 e. The van der Waals surface area contributed by atoms with E-state index < -0.39 is 0 Å². The van der Waals surface area contributed by atoms with E-state index in [0.29, 0.717) is 5.92 Å². The van der Waals surface area contributed by atoms with E-state index in [2.05, 4.69) is 17.9 Å². The minimum absolute atomic E-state index is 0.0825. The van der Waals surface area contributed by atoms with E-state index in [4.69, 9.17) is 0 Å². The summed E-state index contributed by atoms with van der Waals surface area (Å²) >= 11 is 4.26. The molecule has 2 nitrogen and oxygen atoms in total. The van der Waals surface area contributed by atoms with Crippen LogP contribution in [0.2, 0.25) is 0 Å². The molecule has 1 rings (SSSR count). The third-order valence-electron chi connectivity index (χ3n) is 2.69. The van der Waals surface area contributed by atoms with Crippen molar-refractivity contribution in [2.45, 2.75) is 44.8 Å². The highest BCUT2D eigenvalue weighted by atomic mass is 32.1. The Kier molecular flexibility index (Phi) is 4.79. The molecule has 0 aliphatic heterocycles. The Morgan fingerprint density at radius 2 is 2.14 bits per heavy atom. The number of carbonyl (C=O) groups excluding carboxylic acids is 1. The molecule has 0 bridgehead atoms. The van der Waals surface area contributed by atoms with Crippen molar-refractivity contribution in [3.05, 3.63) is 0 Å². The highest BCUT2D eigenvalue weighted by Crippen LogP contribution is 2.33. The molecule has 1 atom stereocenters. The van der Waals surface area contributed by atoms with Crippen molar-refractivity contribution in [2.75, 3.05) is 6.54 Å². The second kappa shape index (κ2) is 5.64. The van der Waals surface area contributed by atoms with Crippen molar-refractivity contribution in [1.29, 1.82) is 0 Å². The van der Waals surface area contributed by atoms with Crippen LogP contribution in [-0.2, 0) is 4.79 Å². The number of nitrogens with one attached hydrogen (secondary N) is 1. The van der Waals surface area contributed by atoms with Gasteiger partial charge in [-0.25, -0.2) is 0 Å². The maximum atomic E-state index is 11.5. The number of hydrogen-bond donors (Lipinski definition) is 2. The molecule has 1 aliphatic rings. The van der Waals surface area contributed by atoms with Crippen molar-refractivity contribution in [3.8, 4) is 0 Å². The predicted molar refractivity (Wildman–Crippen MR) is 62.6 cm³/mol. The fourth-order valence-corrected chi connectivity index (χ4v) is 1.51. The van der Waals surface area contributed by atoms with E-state index in [0.717, 1.165) is 18.9 Å². The summed E-state index contributed by atoms with van der Waals surface area (Å²) in [4.78, 5) is 11.5. The van der Waals surface area contributed by atoms with Crippen LogP contribution in [0.5, 0.6) is 0 Å². The summed E-state index contributed by atoms with van der Waals surface area (Å²) in [6.45, 7) is 4.85. The number of hydrogen-bond acceptors (Lipinski definition) is 2. The predicted octanol–water partition coefficient (Wildman–Crippen LogP) is 2.25. The Labute approximate surface area is 92.2 Å². The number of rotatable bonds is 6. The highest BCUT2D eigenvalue weighted by molar-refractivity contribution is 7.81. The molecule has 0 aromatic carbocycles. The summed E-state index contributed by atoms with van der Waals surface area (Å²) in [6.07, 6.45) is 5.19. The average Bonchev–Trinajstić information content (AvgIpc) is 2.94. The molecule has 1 fully saturated rings. The zero-order valence-corrected chi connectivity index (χ0v) is 10.0. The molecule has 1 saturated carbocycles. The lowest BCUT2D eigenvalue weighted by molar-refractivity contribution is -0.121. The van der Waals surface area contributed by atoms with Gasteiger partial charge in [0.05, 0.1) is 5.25 Å². The molecule has 0 heterocycles. The Morgan fingerprint density at radius 3 is 2.64 bits per heavy atom. The third-order valence-corrected chi connectivity index (χ3v) is 3.52. The first-order valence-electron chi connectivity index (χ1n) is 5.57. The SMILES string of the molecule is CC(C)C(S)C(=O)NCCCC1CC1. The molecular weight excluding hydrogens is 194 g/mol. The molecule has 0 radical (unpaired) electrons. The summed E-state index contributed by atoms with van der Waals surface area (Å²) in [7, 11) is 0. The fraction of sp³-hybridized carbons (Fsp3) is 0.909. The second-order valence-corrected chi connectivity index (χ2v) is 5.12. The molecule has 3 heteroatoms. The van der Waals surface area contributed by atoms with Gasteiger partial charge in [0.15, 0.2) is 0 Å². The summed E-state index contributed by atoms with van der Waals surface area (Å²) in [5, 5.41) is 2.78. The average molecular weight is 215 g/mol. The van der Waals surface area contributed by atoms with Gasteiger partial charge in [-0.15, -0.1) is 0 Å². The van der Waals surface area contributed by atoms with E-state index in [1.807, 2.05) is 13.8 Å². The Bertz CT molecular complexity index is 190. The van der Waals surface area contributed by atoms with Gasteiger partial charge < -0.3 is 5.32 Å². The van der Waals surface area contributed by atoms with E-state index in [-0.39, 0.29) is 11.2 Å². The van der Waals surface area contributed by atoms with E-state index in [9.17, 15) is 4.79 Å². The zero-order chi connectivity index (χ0) is 10.6. The van der Waals surface area contributed by atoms with Gasteiger partial charge in [-0.3, -0.25) is 4.79 Å². The Morgan fingerprint density at radius 1 is 1.50 bits per heavy atom. The van der Waals surface area contributed by atoms with Crippen LogP contribution in [0.4, 0.5) is 0 Å². The first-order valence-corrected chi connectivity index (χ1v) is 6.08. The molecular formula is C11H21NOS. The van der Waals surface area contributed by atoms with E-state index >= 15 is 0 Å². The van der Waals surface area contributed by atoms with Crippen LogP contribution >= 0.6 is 12.6 Å². The largest absolute Gasteiger partial charge is 0.355 e. The van der Waals surface area contributed by atoms with E-state index in [1.165, 1.54) is 19.3 Å². The van der Waals surface area contributed by atoms with Crippen molar-refractivity contribution in [2.24, 2.45) is 11.8 Å². The lowest BCUT2D eigenvalue weighted by Crippen LogP contribution is -2.34. The van der Waals surface area contributed by atoms with Gasteiger partial charge in [0.2, 0.25) is 5.91 Å². The fourth-order valence-electron chi connectivity index (χ4n) is 1.42. The molecule has 1 aliphatic carbocycles. The van der Waals surface area contributed by atoms with Gasteiger partial charge in [-0.05, 0) is 24.7 Å². The first kappa shape index (κ1) is 11.9. The summed E-state index contributed by atoms with van der Waals surface area (Å²) in [6, 6.07) is 0. The molecule has 0 aromatic rings. The van der Waals surface area contributed by atoms with Crippen molar-refractivity contribution in [3.63, 3.8) is 0 Å². The van der Waals surface area contributed by atoms with Crippen molar-refractivity contribution >= 4 is 18.5 Å². The summed E-state index contributed by atoms with van der Waals surface area (Å²) in [5.74, 6) is 1.35. The van der Waals surface area contributed by atoms with Crippen LogP contribution in [0.25, 0.3) is 0 Å². The molecule has 1 unspecified atom stereocenters. The minimum atomic E-state index is -0.157. The summed E-state index contributed by atoms with van der Waals surface area (Å²) in [5.41, 5.74) is 0. The quantitative estimate of drug-likeness (QED) is 0.516. The highest BCUT2D eigenvalue weighted by Gasteiger charge is 2.21. The topological polar surface area (TPSA) is 29.1 Å². The maximum Gasteiger partial charge on any atom is 0.233 e. The molecule has 0 spiro atoms. The van der Waals surface area contributed by atoms with Gasteiger partial charge >= 0.3 is 0 Å². The molecule has 82 valence electrons. The normalized spacial score (nSPS) is 18.3. The molecule has 14 heavy (non-hydrogen) atoms. The molecule has 1 amide bonds. The van der Waals surface area contributed by atoms with E-state index in [1.54, 1.807) is 0 Å². The van der Waals surface area contributed by atoms with Crippen LogP contribution in [0, 0.1) is 11.8 Å². The third kappa shape index (κ3) is 4.36. The van der Waals surface area contributed by atoms with Crippen LogP contribution in [0.1, 0.15) is 39.5 Å². The standard InChI is InChI=1S/C11H21NOS/c1-8(2)10(14)11(13)12-7-3-4-9-5-6-9/h8-10,14H,3-7H2,1-2H3,(H,12,13).